The monoisotopic (exact) mass is 236 g/mol. The Morgan fingerprint density at radius 2 is 2.24 bits per heavy atom. The van der Waals surface area contributed by atoms with E-state index in [1.54, 1.807) is 19.9 Å². The lowest BCUT2D eigenvalue weighted by atomic mass is 10.1. The van der Waals surface area contributed by atoms with Gasteiger partial charge >= 0.3 is 0 Å². The van der Waals surface area contributed by atoms with Crippen molar-refractivity contribution in [3.8, 4) is 0 Å². The van der Waals surface area contributed by atoms with Gasteiger partial charge in [-0.25, -0.2) is 9.37 Å². The highest BCUT2D eigenvalue weighted by Gasteiger charge is 2.25. The van der Waals surface area contributed by atoms with Gasteiger partial charge in [0, 0.05) is 0 Å². The number of halogens is 1. The lowest BCUT2D eigenvalue weighted by Gasteiger charge is -2.21. The van der Waals surface area contributed by atoms with Gasteiger partial charge in [0.25, 0.3) is 0 Å². The number of imidazole rings is 1. The normalized spacial score (nSPS) is 11.7. The number of benzene rings is 1. The number of amides is 1. The summed E-state index contributed by atoms with van der Waals surface area (Å²) in [6, 6.07) is 4.22. The van der Waals surface area contributed by atoms with Crippen LogP contribution >= 0.6 is 0 Å². The first-order valence-electron chi connectivity index (χ1n) is 5.12. The average Bonchev–Trinajstić information content (AvgIpc) is 2.57. The van der Waals surface area contributed by atoms with Gasteiger partial charge in [-0.1, -0.05) is 0 Å². The lowest BCUT2D eigenvalue weighted by Crippen LogP contribution is -2.45. The zero-order chi connectivity index (χ0) is 12.6. The quantitative estimate of drug-likeness (QED) is 0.752. The van der Waals surface area contributed by atoms with E-state index < -0.39 is 11.4 Å². The number of aromatic amines is 1. The Morgan fingerprint density at radius 3 is 2.88 bits per heavy atom. The van der Waals surface area contributed by atoms with E-state index in [0.717, 1.165) is 0 Å². The smallest absolute Gasteiger partial charge is 0.242 e. The van der Waals surface area contributed by atoms with Gasteiger partial charge < -0.3 is 16.0 Å². The highest BCUT2D eigenvalue weighted by Crippen LogP contribution is 2.18. The van der Waals surface area contributed by atoms with Crippen LogP contribution in [0.5, 0.6) is 0 Å². The molecule has 0 radical (unpaired) electrons. The van der Waals surface area contributed by atoms with E-state index in [4.69, 9.17) is 5.73 Å². The summed E-state index contributed by atoms with van der Waals surface area (Å²) in [4.78, 5) is 18.2. The number of nitrogens with zero attached hydrogens (tertiary/aromatic N) is 1. The van der Waals surface area contributed by atoms with Gasteiger partial charge in [0.2, 0.25) is 11.9 Å². The molecule has 0 aliphatic heterocycles. The SMILES string of the molecule is CC(C)(Nc1nc2ccc(F)cc2[nH]1)C(N)=O. The molecule has 0 aliphatic carbocycles. The Labute approximate surface area is 97.2 Å². The molecule has 0 bridgehead atoms. The molecule has 4 N–H and O–H groups in total. The van der Waals surface area contributed by atoms with Crippen molar-refractivity contribution in [1.82, 2.24) is 9.97 Å². The van der Waals surface area contributed by atoms with Crippen molar-refractivity contribution in [1.29, 1.82) is 0 Å². The van der Waals surface area contributed by atoms with E-state index in [9.17, 15) is 9.18 Å². The summed E-state index contributed by atoms with van der Waals surface area (Å²) in [5.41, 5.74) is 5.49. The van der Waals surface area contributed by atoms with E-state index >= 15 is 0 Å². The minimum Gasteiger partial charge on any atom is -0.368 e. The van der Waals surface area contributed by atoms with Crippen molar-refractivity contribution in [2.45, 2.75) is 19.4 Å². The Balaban J connectivity index is 2.34. The summed E-state index contributed by atoms with van der Waals surface area (Å²) in [5, 5.41) is 2.86. The molecule has 0 aliphatic rings. The van der Waals surface area contributed by atoms with Crippen LogP contribution in [-0.4, -0.2) is 21.4 Å². The number of carbonyl (C=O) groups excluding carboxylic acids is 1. The molecule has 0 saturated heterocycles. The van der Waals surface area contributed by atoms with E-state index in [1.165, 1.54) is 12.1 Å². The van der Waals surface area contributed by atoms with Gasteiger partial charge in [0.1, 0.15) is 11.4 Å². The number of rotatable bonds is 3. The summed E-state index contributed by atoms with van der Waals surface area (Å²) in [5.74, 6) is -0.458. The van der Waals surface area contributed by atoms with Crippen molar-refractivity contribution in [2.24, 2.45) is 5.73 Å². The molecule has 1 aromatic carbocycles. The molecule has 6 heteroatoms. The van der Waals surface area contributed by atoms with Crippen LogP contribution in [0.2, 0.25) is 0 Å². The molecule has 1 amide bonds. The minimum atomic E-state index is -0.924. The molecule has 1 heterocycles. The van der Waals surface area contributed by atoms with Gasteiger partial charge in [-0.05, 0) is 32.0 Å². The fourth-order valence-corrected chi connectivity index (χ4v) is 1.40. The third-order valence-corrected chi connectivity index (χ3v) is 2.49. The van der Waals surface area contributed by atoms with Crippen molar-refractivity contribution in [3.63, 3.8) is 0 Å². The third-order valence-electron chi connectivity index (χ3n) is 2.49. The van der Waals surface area contributed by atoms with Crippen LogP contribution in [0, 0.1) is 5.82 Å². The maximum atomic E-state index is 13.0. The van der Waals surface area contributed by atoms with Crippen LogP contribution in [0.25, 0.3) is 11.0 Å². The Bertz CT molecular complexity index is 576. The number of primary amides is 1. The molecule has 0 saturated carbocycles. The summed E-state index contributed by atoms with van der Waals surface area (Å²) in [7, 11) is 0. The number of nitrogens with one attached hydrogen (secondary N) is 2. The van der Waals surface area contributed by atoms with Crippen LogP contribution in [0.15, 0.2) is 18.2 Å². The van der Waals surface area contributed by atoms with Gasteiger partial charge in [-0.3, -0.25) is 4.79 Å². The second kappa shape index (κ2) is 3.73. The topological polar surface area (TPSA) is 83.8 Å². The zero-order valence-electron chi connectivity index (χ0n) is 9.54. The molecular formula is C11H13FN4O. The molecule has 0 unspecified atom stereocenters. The number of carbonyl (C=O) groups is 1. The molecule has 90 valence electrons. The van der Waals surface area contributed by atoms with E-state index in [2.05, 4.69) is 15.3 Å². The average molecular weight is 236 g/mol. The number of aromatic nitrogens is 2. The van der Waals surface area contributed by atoms with Crippen LogP contribution in [0.3, 0.4) is 0 Å². The fourth-order valence-electron chi connectivity index (χ4n) is 1.40. The van der Waals surface area contributed by atoms with E-state index in [-0.39, 0.29) is 5.82 Å². The molecule has 0 atom stereocenters. The number of hydrogen-bond donors (Lipinski definition) is 3. The summed E-state index contributed by atoms with van der Waals surface area (Å²) in [6.07, 6.45) is 0. The first-order valence-corrected chi connectivity index (χ1v) is 5.12. The van der Waals surface area contributed by atoms with Gasteiger partial charge in [0.15, 0.2) is 0 Å². The number of H-pyrrole nitrogens is 1. The highest BCUT2D eigenvalue weighted by molar-refractivity contribution is 5.87. The second-order valence-corrected chi connectivity index (χ2v) is 4.36. The maximum absolute atomic E-state index is 13.0. The minimum absolute atomic E-state index is 0.345. The predicted octanol–water partition coefficient (Wildman–Crippen LogP) is 1.38. The number of hydrogen-bond acceptors (Lipinski definition) is 3. The molecule has 0 spiro atoms. The Kier molecular flexibility index (Phi) is 2.49. The molecular weight excluding hydrogens is 223 g/mol. The summed E-state index contributed by atoms with van der Waals surface area (Å²) >= 11 is 0. The molecule has 1 aromatic heterocycles. The number of nitrogens with two attached hydrogens (primary N) is 1. The molecule has 0 fully saturated rings. The first-order chi connectivity index (χ1) is 7.88. The van der Waals surface area contributed by atoms with Crippen molar-refractivity contribution in [2.75, 3.05) is 5.32 Å². The zero-order valence-corrected chi connectivity index (χ0v) is 9.54. The van der Waals surface area contributed by atoms with E-state index in [1.807, 2.05) is 0 Å². The van der Waals surface area contributed by atoms with Crippen LogP contribution < -0.4 is 11.1 Å². The molecule has 2 aromatic rings. The fraction of sp³-hybridized carbons (Fsp3) is 0.273. The maximum Gasteiger partial charge on any atom is 0.242 e. The number of fused-ring (bicyclic) bond motifs is 1. The molecule has 17 heavy (non-hydrogen) atoms. The highest BCUT2D eigenvalue weighted by atomic mass is 19.1. The summed E-state index contributed by atoms with van der Waals surface area (Å²) in [6.45, 7) is 3.28. The lowest BCUT2D eigenvalue weighted by molar-refractivity contribution is -0.121. The van der Waals surface area contributed by atoms with Gasteiger partial charge in [-0.2, -0.15) is 0 Å². The first kappa shape index (κ1) is 11.4. The van der Waals surface area contributed by atoms with Gasteiger partial charge in [-0.15, -0.1) is 0 Å². The Morgan fingerprint density at radius 1 is 1.53 bits per heavy atom. The second-order valence-electron chi connectivity index (χ2n) is 4.36. The van der Waals surface area contributed by atoms with Crippen molar-refractivity contribution in [3.05, 3.63) is 24.0 Å². The van der Waals surface area contributed by atoms with Crippen molar-refractivity contribution < 1.29 is 9.18 Å². The standard InChI is InChI=1S/C11H13FN4O/c1-11(2,9(13)17)16-10-14-7-4-3-6(12)5-8(7)15-10/h3-5H,1-2H3,(H2,13,17)(H2,14,15,16). The predicted molar refractivity (Wildman–Crippen MR) is 62.9 cm³/mol. The molecule has 5 nitrogen and oxygen atoms in total. The van der Waals surface area contributed by atoms with Crippen LogP contribution in [0.4, 0.5) is 10.3 Å². The molecule has 2 rings (SSSR count). The largest absolute Gasteiger partial charge is 0.368 e. The van der Waals surface area contributed by atoms with Crippen molar-refractivity contribution >= 4 is 22.9 Å². The van der Waals surface area contributed by atoms with E-state index in [0.29, 0.717) is 17.0 Å². The number of anilines is 1. The van der Waals surface area contributed by atoms with Crippen LogP contribution in [-0.2, 0) is 4.79 Å². The summed E-state index contributed by atoms with van der Waals surface area (Å²) < 4.78 is 13.0. The van der Waals surface area contributed by atoms with Gasteiger partial charge in [0.05, 0.1) is 11.0 Å². The van der Waals surface area contributed by atoms with Crippen LogP contribution in [0.1, 0.15) is 13.8 Å². The Hall–Kier alpha value is -2.11. The third kappa shape index (κ3) is 2.20.